The molecule has 2 amide bonds. The first-order valence-corrected chi connectivity index (χ1v) is 6.25. The number of carbonyl (C=O) groups is 1. The number of anilines is 1. The highest BCUT2D eigenvalue weighted by Crippen LogP contribution is 2.24. The van der Waals surface area contributed by atoms with Crippen molar-refractivity contribution in [2.24, 2.45) is 0 Å². The van der Waals surface area contributed by atoms with Crippen molar-refractivity contribution in [1.82, 2.24) is 9.88 Å². The summed E-state index contributed by atoms with van der Waals surface area (Å²) in [5, 5.41) is 11.6. The van der Waals surface area contributed by atoms with Gasteiger partial charge in [-0.1, -0.05) is 6.07 Å². The number of carbonyl (C=O) groups excluding carboxylic acids is 1. The summed E-state index contributed by atoms with van der Waals surface area (Å²) in [5.74, 6) is 0.504. The van der Waals surface area contributed by atoms with Crippen LogP contribution in [-0.2, 0) is 0 Å². The first kappa shape index (κ1) is 14.1. The Morgan fingerprint density at radius 2 is 2.30 bits per heavy atom. The molecule has 6 heteroatoms. The molecule has 0 saturated heterocycles. The second kappa shape index (κ2) is 6.21. The molecule has 0 aliphatic rings. The van der Waals surface area contributed by atoms with Gasteiger partial charge in [-0.25, -0.2) is 9.78 Å². The van der Waals surface area contributed by atoms with Crippen LogP contribution in [0.25, 0.3) is 11.5 Å². The van der Waals surface area contributed by atoms with Crippen molar-refractivity contribution >= 4 is 11.7 Å². The molecule has 0 atom stereocenters. The zero-order valence-electron chi connectivity index (χ0n) is 11.5. The monoisotopic (exact) mass is 275 g/mol. The minimum Gasteiger partial charge on any atom is -0.445 e. The van der Waals surface area contributed by atoms with Crippen LogP contribution >= 0.6 is 0 Å². The van der Waals surface area contributed by atoms with Crippen molar-refractivity contribution in [3.63, 3.8) is 0 Å². The zero-order valence-corrected chi connectivity index (χ0v) is 11.5. The van der Waals surface area contributed by atoms with E-state index in [0.717, 1.165) is 11.1 Å². The standard InChI is InChI=1S/C14H17N3O3/c1-10-3-4-11(13-15-5-8-20-13)9-12(10)16-14(19)17(2)6-7-18/h3-5,8-9,18H,6-7H2,1-2H3,(H,16,19). The average molecular weight is 275 g/mol. The summed E-state index contributed by atoms with van der Waals surface area (Å²) in [6.07, 6.45) is 3.07. The summed E-state index contributed by atoms with van der Waals surface area (Å²) in [6.45, 7) is 2.12. The third-order valence-corrected chi connectivity index (χ3v) is 2.94. The fraction of sp³-hybridized carbons (Fsp3) is 0.286. The number of oxazole rings is 1. The van der Waals surface area contributed by atoms with Crippen molar-refractivity contribution in [3.05, 3.63) is 36.2 Å². The number of rotatable bonds is 4. The molecule has 2 N–H and O–H groups in total. The summed E-state index contributed by atoms with van der Waals surface area (Å²) < 4.78 is 5.24. The number of hydrogen-bond donors (Lipinski definition) is 2. The summed E-state index contributed by atoms with van der Waals surface area (Å²) >= 11 is 0. The van der Waals surface area contributed by atoms with Gasteiger partial charge in [0.05, 0.1) is 12.8 Å². The molecular formula is C14H17N3O3. The minimum absolute atomic E-state index is 0.0702. The number of aryl methyl sites for hydroxylation is 1. The first-order valence-electron chi connectivity index (χ1n) is 6.25. The first-order chi connectivity index (χ1) is 9.61. The molecule has 0 bridgehead atoms. The molecule has 0 spiro atoms. The highest BCUT2D eigenvalue weighted by atomic mass is 16.3. The lowest BCUT2D eigenvalue weighted by molar-refractivity contribution is 0.202. The Balaban J connectivity index is 2.19. The number of nitrogens with one attached hydrogen (secondary N) is 1. The van der Waals surface area contributed by atoms with Crippen LogP contribution < -0.4 is 5.32 Å². The molecular weight excluding hydrogens is 258 g/mol. The summed E-state index contributed by atoms with van der Waals surface area (Å²) in [6, 6.07) is 5.31. The van der Waals surface area contributed by atoms with Gasteiger partial charge in [-0.15, -0.1) is 0 Å². The molecule has 0 aliphatic carbocycles. The van der Waals surface area contributed by atoms with Gasteiger partial charge in [-0.05, 0) is 24.6 Å². The van der Waals surface area contributed by atoms with E-state index in [2.05, 4.69) is 10.3 Å². The Morgan fingerprint density at radius 3 is 2.95 bits per heavy atom. The number of benzene rings is 1. The van der Waals surface area contributed by atoms with Crippen molar-refractivity contribution in [2.45, 2.75) is 6.92 Å². The van der Waals surface area contributed by atoms with Gasteiger partial charge in [-0.2, -0.15) is 0 Å². The molecule has 1 aromatic carbocycles. The SMILES string of the molecule is Cc1ccc(-c2ncco2)cc1NC(=O)N(C)CCO. The molecule has 1 aromatic heterocycles. The number of amides is 2. The van der Waals surface area contributed by atoms with Crippen LogP contribution in [0.4, 0.5) is 10.5 Å². The fourth-order valence-corrected chi connectivity index (χ4v) is 1.72. The van der Waals surface area contributed by atoms with E-state index in [-0.39, 0.29) is 19.2 Å². The predicted octanol–water partition coefficient (Wildman–Crippen LogP) is 2.11. The normalized spacial score (nSPS) is 10.3. The Hall–Kier alpha value is -2.34. The lowest BCUT2D eigenvalue weighted by Gasteiger charge is -2.17. The van der Waals surface area contributed by atoms with E-state index in [1.54, 1.807) is 13.2 Å². The van der Waals surface area contributed by atoms with Crippen LogP contribution in [0.2, 0.25) is 0 Å². The van der Waals surface area contributed by atoms with Crippen LogP contribution in [0.15, 0.2) is 35.1 Å². The summed E-state index contributed by atoms with van der Waals surface area (Å²) in [5.41, 5.74) is 2.42. The molecule has 2 rings (SSSR count). The van der Waals surface area contributed by atoms with E-state index < -0.39 is 0 Å². The largest absolute Gasteiger partial charge is 0.445 e. The van der Waals surface area contributed by atoms with Crippen LogP contribution in [0.1, 0.15) is 5.56 Å². The van der Waals surface area contributed by atoms with E-state index in [0.29, 0.717) is 11.6 Å². The third kappa shape index (κ3) is 3.16. The summed E-state index contributed by atoms with van der Waals surface area (Å²) in [4.78, 5) is 17.4. The van der Waals surface area contributed by atoms with Crippen LogP contribution in [0.5, 0.6) is 0 Å². The molecule has 20 heavy (non-hydrogen) atoms. The Labute approximate surface area is 117 Å². The van der Waals surface area contributed by atoms with Crippen molar-refractivity contribution in [3.8, 4) is 11.5 Å². The number of aromatic nitrogens is 1. The highest BCUT2D eigenvalue weighted by Gasteiger charge is 2.11. The molecule has 1 heterocycles. The number of hydrogen-bond acceptors (Lipinski definition) is 4. The van der Waals surface area contributed by atoms with Crippen molar-refractivity contribution in [1.29, 1.82) is 0 Å². The second-order valence-electron chi connectivity index (χ2n) is 4.44. The Kier molecular flexibility index (Phi) is 4.37. The van der Waals surface area contributed by atoms with Gasteiger partial charge in [0.2, 0.25) is 5.89 Å². The summed E-state index contributed by atoms with van der Waals surface area (Å²) in [7, 11) is 1.62. The molecule has 2 aromatic rings. The molecule has 106 valence electrons. The van der Waals surface area contributed by atoms with Crippen LogP contribution in [-0.4, -0.2) is 41.2 Å². The van der Waals surface area contributed by atoms with E-state index in [4.69, 9.17) is 9.52 Å². The molecule has 0 unspecified atom stereocenters. The topological polar surface area (TPSA) is 78.6 Å². The average Bonchev–Trinajstić information content (AvgIpc) is 2.95. The van der Waals surface area contributed by atoms with Crippen LogP contribution in [0, 0.1) is 6.92 Å². The Bertz CT molecular complexity index is 581. The van der Waals surface area contributed by atoms with Gasteiger partial charge < -0.3 is 19.7 Å². The third-order valence-electron chi connectivity index (χ3n) is 2.94. The molecule has 0 saturated carbocycles. The maximum absolute atomic E-state index is 11.9. The lowest BCUT2D eigenvalue weighted by atomic mass is 10.1. The van der Waals surface area contributed by atoms with Gasteiger partial charge >= 0.3 is 6.03 Å². The number of nitrogens with zero attached hydrogens (tertiary/aromatic N) is 2. The van der Waals surface area contributed by atoms with Gasteiger partial charge in [0, 0.05) is 24.8 Å². The quantitative estimate of drug-likeness (QED) is 0.895. The highest BCUT2D eigenvalue weighted by molar-refractivity contribution is 5.90. The van der Waals surface area contributed by atoms with Gasteiger partial charge in [0.1, 0.15) is 6.26 Å². The lowest BCUT2D eigenvalue weighted by Crippen LogP contribution is -2.33. The number of aliphatic hydroxyl groups is 1. The molecule has 0 radical (unpaired) electrons. The smallest absolute Gasteiger partial charge is 0.321 e. The van der Waals surface area contributed by atoms with Gasteiger partial charge in [0.15, 0.2) is 0 Å². The fourth-order valence-electron chi connectivity index (χ4n) is 1.72. The number of urea groups is 1. The maximum atomic E-state index is 11.9. The number of likely N-dealkylation sites (N-methyl/N-ethyl adjacent to an activating group) is 1. The minimum atomic E-state index is -0.272. The van der Waals surface area contributed by atoms with Gasteiger partial charge in [-0.3, -0.25) is 0 Å². The number of aliphatic hydroxyl groups excluding tert-OH is 1. The predicted molar refractivity (Wildman–Crippen MR) is 75.4 cm³/mol. The second-order valence-corrected chi connectivity index (χ2v) is 4.44. The zero-order chi connectivity index (χ0) is 14.5. The van der Waals surface area contributed by atoms with Crippen molar-refractivity contribution < 1.29 is 14.3 Å². The van der Waals surface area contributed by atoms with E-state index >= 15 is 0 Å². The van der Waals surface area contributed by atoms with E-state index in [9.17, 15) is 4.79 Å². The van der Waals surface area contributed by atoms with Crippen LogP contribution in [0.3, 0.4) is 0 Å². The van der Waals surface area contributed by atoms with Crippen molar-refractivity contribution in [2.75, 3.05) is 25.5 Å². The van der Waals surface area contributed by atoms with Gasteiger partial charge in [0.25, 0.3) is 0 Å². The Morgan fingerprint density at radius 1 is 1.50 bits per heavy atom. The van der Waals surface area contributed by atoms with E-state index in [1.807, 2.05) is 25.1 Å². The van der Waals surface area contributed by atoms with E-state index in [1.165, 1.54) is 11.2 Å². The molecule has 0 aliphatic heterocycles. The maximum Gasteiger partial charge on any atom is 0.321 e. The molecule has 6 nitrogen and oxygen atoms in total. The molecule has 0 fully saturated rings.